The molecular formula is C23H23F3N4OS. The lowest BCUT2D eigenvalue weighted by Crippen LogP contribution is -2.49. The van der Waals surface area contributed by atoms with E-state index in [1.807, 2.05) is 35.2 Å². The molecule has 168 valence electrons. The summed E-state index contributed by atoms with van der Waals surface area (Å²) in [7, 11) is 0. The topological polar surface area (TPSA) is 62.5 Å². The molecule has 5 nitrogen and oxygen atoms in total. The lowest BCUT2D eigenvalue weighted by atomic mass is 10.1. The number of benzene rings is 2. The second-order valence-corrected chi connectivity index (χ2v) is 8.58. The minimum atomic E-state index is -4.38. The molecule has 2 N–H and O–H groups in total. The van der Waals surface area contributed by atoms with Crippen molar-refractivity contribution in [2.45, 2.75) is 18.6 Å². The van der Waals surface area contributed by atoms with Crippen LogP contribution in [0.5, 0.6) is 0 Å². The molecule has 1 unspecified atom stereocenters. The number of nitrogens with zero attached hydrogens (tertiary/aromatic N) is 3. The molecule has 1 saturated heterocycles. The minimum Gasteiger partial charge on any atom is -0.368 e. The second kappa shape index (κ2) is 9.30. The molecule has 0 saturated carbocycles. The van der Waals surface area contributed by atoms with Gasteiger partial charge in [0.1, 0.15) is 10.7 Å². The first-order valence-corrected chi connectivity index (χ1v) is 11.2. The van der Waals surface area contributed by atoms with Gasteiger partial charge in [0.2, 0.25) is 0 Å². The quantitative estimate of drug-likeness (QED) is 0.614. The van der Waals surface area contributed by atoms with Crippen LogP contribution in [0, 0.1) is 0 Å². The molecule has 0 aliphatic carbocycles. The summed E-state index contributed by atoms with van der Waals surface area (Å²) >= 11 is 1.37. The molecule has 1 aromatic heterocycles. The van der Waals surface area contributed by atoms with E-state index < -0.39 is 11.7 Å². The van der Waals surface area contributed by atoms with E-state index >= 15 is 0 Å². The SMILES string of the molecule is NC(Cc1ccccc1)c1nc(C(=O)N2CCN(c3cccc(C(F)(F)F)c3)CC2)cs1. The molecule has 0 radical (unpaired) electrons. The van der Waals surface area contributed by atoms with Crippen LogP contribution in [0.3, 0.4) is 0 Å². The Morgan fingerprint density at radius 1 is 1.06 bits per heavy atom. The first-order valence-electron chi connectivity index (χ1n) is 10.3. The van der Waals surface area contributed by atoms with Crippen molar-refractivity contribution in [3.8, 4) is 0 Å². The number of rotatable bonds is 5. The van der Waals surface area contributed by atoms with Crippen molar-refractivity contribution in [1.82, 2.24) is 9.88 Å². The zero-order valence-electron chi connectivity index (χ0n) is 17.3. The molecule has 1 amide bonds. The number of alkyl halides is 3. The highest BCUT2D eigenvalue weighted by Crippen LogP contribution is 2.32. The van der Waals surface area contributed by atoms with Crippen molar-refractivity contribution in [3.05, 3.63) is 81.8 Å². The number of carbonyl (C=O) groups excluding carboxylic acids is 1. The van der Waals surface area contributed by atoms with E-state index in [1.54, 1.807) is 16.3 Å². The zero-order chi connectivity index (χ0) is 22.7. The molecule has 4 rings (SSSR count). The van der Waals surface area contributed by atoms with E-state index in [4.69, 9.17) is 5.73 Å². The number of carbonyl (C=O) groups is 1. The Kier molecular flexibility index (Phi) is 6.48. The molecule has 32 heavy (non-hydrogen) atoms. The number of anilines is 1. The molecule has 1 fully saturated rings. The summed E-state index contributed by atoms with van der Waals surface area (Å²) in [6.45, 7) is 1.74. The van der Waals surface area contributed by atoms with Gasteiger partial charge >= 0.3 is 6.18 Å². The number of amides is 1. The van der Waals surface area contributed by atoms with Gasteiger partial charge in [0, 0.05) is 37.2 Å². The summed E-state index contributed by atoms with van der Waals surface area (Å²) in [5.74, 6) is -0.178. The Morgan fingerprint density at radius 2 is 1.78 bits per heavy atom. The Labute approximate surface area is 188 Å². The van der Waals surface area contributed by atoms with E-state index in [-0.39, 0.29) is 11.9 Å². The highest BCUT2D eigenvalue weighted by molar-refractivity contribution is 7.09. The van der Waals surface area contributed by atoms with Crippen molar-refractivity contribution in [1.29, 1.82) is 0 Å². The highest BCUT2D eigenvalue weighted by Gasteiger charge is 2.31. The van der Waals surface area contributed by atoms with Gasteiger partial charge in [-0.1, -0.05) is 36.4 Å². The van der Waals surface area contributed by atoms with Crippen molar-refractivity contribution >= 4 is 22.9 Å². The van der Waals surface area contributed by atoms with Crippen LogP contribution in [0.15, 0.2) is 60.0 Å². The standard InChI is InChI=1S/C23H23F3N4OS/c24-23(25,26)17-7-4-8-18(14-17)29-9-11-30(12-10-29)22(31)20-15-32-21(28-20)19(27)13-16-5-2-1-3-6-16/h1-8,14-15,19H,9-13,27H2. The summed E-state index contributed by atoms with van der Waals surface area (Å²) in [6, 6.07) is 14.9. The van der Waals surface area contributed by atoms with E-state index in [0.717, 1.165) is 17.7 Å². The molecule has 1 atom stereocenters. The van der Waals surface area contributed by atoms with Gasteiger partial charge in [0.25, 0.3) is 5.91 Å². The predicted molar refractivity (Wildman–Crippen MR) is 119 cm³/mol. The van der Waals surface area contributed by atoms with Gasteiger partial charge in [-0.25, -0.2) is 4.98 Å². The van der Waals surface area contributed by atoms with Crippen molar-refractivity contribution in [2.75, 3.05) is 31.1 Å². The fourth-order valence-electron chi connectivity index (χ4n) is 3.72. The first-order chi connectivity index (χ1) is 15.3. The van der Waals surface area contributed by atoms with Crippen LogP contribution in [0.2, 0.25) is 0 Å². The van der Waals surface area contributed by atoms with Gasteiger partial charge in [-0.2, -0.15) is 13.2 Å². The molecule has 2 heterocycles. The van der Waals surface area contributed by atoms with Crippen LogP contribution in [0.1, 0.15) is 32.7 Å². The smallest absolute Gasteiger partial charge is 0.368 e. The second-order valence-electron chi connectivity index (χ2n) is 7.69. The molecule has 0 spiro atoms. The number of piperazine rings is 1. The summed E-state index contributed by atoms with van der Waals surface area (Å²) in [4.78, 5) is 20.9. The number of aromatic nitrogens is 1. The number of hydrogen-bond donors (Lipinski definition) is 1. The number of hydrogen-bond acceptors (Lipinski definition) is 5. The largest absolute Gasteiger partial charge is 0.416 e. The molecule has 1 aliphatic heterocycles. The lowest BCUT2D eigenvalue weighted by Gasteiger charge is -2.36. The third-order valence-corrected chi connectivity index (χ3v) is 6.44. The molecule has 2 aromatic carbocycles. The van der Waals surface area contributed by atoms with Crippen molar-refractivity contribution in [2.24, 2.45) is 5.73 Å². The summed E-state index contributed by atoms with van der Waals surface area (Å²) in [5.41, 5.74) is 7.59. The predicted octanol–water partition coefficient (Wildman–Crippen LogP) is 4.37. The Hall–Kier alpha value is -2.91. The fourth-order valence-corrected chi connectivity index (χ4v) is 4.52. The Balaban J connectivity index is 1.36. The Morgan fingerprint density at radius 3 is 2.47 bits per heavy atom. The maximum absolute atomic E-state index is 13.0. The van der Waals surface area contributed by atoms with Gasteiger partial charge < -0.3 is 15.5 Å². The molecule has 1 aliphatic rings. The van der Waals surface area contributed by atoms with Crippen molar-refractivity contribution in [3.63, 3.8) is 0 Å². The third-order valence-electron chi connectivity index (χ3n) is 5.46. The highest BCUT2D eigenvalue weighted by atomic mass is 32.1. The molecule has 9 heteroatoms. The average molecular weight is 461 g/mol. The fraction of sp³-hybridized carbons (Fsp3) is 0.304. The Bertz CT molecular complexity index is 1060. The normalized spacial score (nSPS) is 15.6. The number of thiazole rings is 1. The monoisotopic (exact) mass is 460 g/mol. The first kappa shape index (κ1) is 22.3. The summed E-state index contributed by atoms with van der Waals surface area (Å²) in [5, 5.41) is 2.43. The lowest BCUT2D eigenvalue weighted by molar-refractivity contribution is -0.137. The van der Waals surface area contributed by atoms with Gasteiger partial charge in [-0.15, -0.1) is 11.3 Å². The minimum absolute atomic E-state index is 0.178. The van der Waals surface area contributed by atoms with Crippen LogP contribution in [-0.2, 0) is 12.6 Å². The van der Waals surface area contributed by atoms with Crippen LogP contribution < -0.4 is 10.6 Å². The van der Waals surface area contributed by atoms with E-state index in [0.29, 0.717) is 49.0 Å². The number of halogens is 3. The average Bonchev–Trinajstić information content (AvgIpc) is 3.29. The van der Waals surface area contributed by atoms with Gasteiger partial charge in [-0.3, -0.25) is 4.79 Å². The molecular weight excluding hydrogens is 437 g/mol. The third kappa shape index (κ3) is 5.11. The molecule has 3 aromatic rings. The van der Waals surface area contributed by atoms with Gasteiger partial charge in [-0.05, 0) is 30.2 Å². The van der Waals surface area contributed by atoms with Gasteiger partial charge in [0.05, 0.1) is 11.6 Å². The van der Waals surface area contributed by atoms with Crippen molar-refractivity contribution < 1.29 is 18.0 Å². The van der Waals surface area contributed by atoms with E-state index in [9.17, 15) is 18.0 Å². The van der Waals surface area contributed by atoms with E-state index in [1.165, 1.54) is 17.4 Å². The maximum Gasteiger partial charge on any atom is 0.416 e. The molecule has 0 bridgehead atoms. The maximum atomic E-state index is 13.0. The van der Waals surface area contributed by atoms with Gasteiger partial charge in [0.15, 0.2) is 0 Å². The zero-order valence-corrected chi connectivity index (χ0v) is 18.1. The van der Waals surface area contributed by atoms with Crippen LogP contribution in [-0.4, -0.2) is 42.0 Å². The van der Waals surface area contributed by atoms with E-state index in [2.05, 4.69) is 4.98 Å². The van der Waals surface area contributed by atoms with Crippen LogP contribution in [0.25, 0.3) is 0 Å². The summed E-state index contributed by atoms with van der Waals surface area (Å²) < 4.78 is 39.0. The van der Waals surface area contributed by atoms with Crippen LogP contribution >= 0.6 is 11.3 Å². The summed E-state index contributed by atoms with van der Waals surface area (Å²) in [6.07, 6.45) is -3.74. The number of nitrogens with two attached hydrogens (primary N) is 1. The van der Waals surface area contributed by atoms with Crippen LogP contribution in [0.4, 0.5) is 18.9 Å².